The van der Waals surface area contributed by atoms with Gasteiger partial charge in [0.15, 0.2) is 0 Å². The summed E-state index contributed by atoms with van der Waals surface area (Å²) >= 11 is 0. The number of hydrogen-bond acceptors (Lipinski definition) is 2. The smallest absolute Gasteiger partial charge is 0.303 e. The van der Waals surface area contributed by atoms with Crippen molar-refractivity contribution >= 4 is 11.8 Å². The molecule has 0 aliphatic heterocycles. The Morgan fingerprint density at radius 2 is 1.77 bits per heavy atom. The Kier molecular flexibility index (Phi) is 7.40. The predicted octanol–water partition coefficient (Wildman–Crippen LogP) is 7.13. The van der Waals surface area contributed by atoms with Crippen LogP contribution in [-0.2, 0) is 9.59 Å². The zero-order valence-corrected chi connectivity index (χ0v) is 20.2. The summed E-state index contributed by atoms with van der Waals surface area (Å²) in [5.74, 6) is 4.03. The lowest BCUT2D eigenvalue weighted by Crippen LogP contribution is -2.52. The Morgan fingerprint density at radius 1 is 1.03 bits per heavy atom. The Labute approximate surface area is 184 Å². The summed E-state index contributed by atoms with van der Waals surface area (Å²) in [7, 11) is 0. The van der Waals surface area contributed by atoms with Crippen LogP contribution in [-0.4, -0.2) is 16.9 Å². The number of rotatable bonds is 9. The molecule has 0 unspecified atom stereocenters. The van der Waals surface area contributed by atoms with E-state index in [4.69, 9.17) is 5.11 Å². The van der Waals surface area contributed by atoms with Gasteiger partial charge in [-0.05, 0) is 85.9 Å². The van der Waals surface area contributed by atoms with E-state index in [1.54, 1.807) is 0 Å². The molecule has 7 atom stereocenters. The number of aliphatic carboxylic acids is 1. The Balaban J connectivity index is 1.70. The van der Waals surface area contributed by atoms with Gasteiger partial charge < -0.3 is 5.11 Å². The van der Waals surface area contributed by atoms with E-state index in [-0.39, 0.29) is 11.8 Å². The van der Waals surface area contributed by atoms with Crippen LogP contribution in [0, 0.1) is 46.3 Å². The lowest BCUT2D eigenvalue weighted by Gasteiger charge is -2.56. The summed E-state index contributed by atoms with van der Waals surface area (Å²) in [6.45, 7) is 11.9. The van der Waals surface area contributed by atoms with Gasteiger partial charge >= 0.3 is 5.97 Å². The highest BCUT2D eigenvalue weighted by Gasteiger charge is 2.59. The number of carboxylic acid groups (broad SMARTS) is 1. The maximum absolute atomic E-state index is 13.0. The lowest BCUT2D eigenvalue weighted by atomic mass is 9.48. The molecule has 0 heterocycles. The van der Waals surface area contributed by atoms with Gasteiger partial charge in [-0.2, -0.15) is 0 Å². The standard InChI is InChI=1S/C27H46O3/c1-18(2)8-6-9-19(3)21-12-13-22-20-11-14-24(28)27(5,16-7-10-25(29)30)23(20)15-17-26(21,22)4/h18-23H,6-17H2,1-5H3,(H,29,30)/t19-,20+,21-,22+,23+,26-,27-/m1/s1. The van der Waals surface area contributed by atoms with Crippen LogP contribution >= 0.6 is 0 Å². The van der Waals surface area contributed by atoms with Gasteiger partial charge in [-0.15, -0.1) is 0 Å². The number of fused-ring (bicyclic) bond motifs is 3. The zero-order valence-electron chi connectivity index (χ0n) is 20.2. The van der Waals surface area contributed by atoms with E-state index >= 15 is 0 Å². The van der Waals surface area contributed by atoms with E-state index in [0.29, 0.717) is 35.9 Å². The molecule has 0 bridgehead atoms. The molecule has 0 amide bonds. The topological polar surface area (TPSA) is 54.4 Å². The third kappa shape index (κ3) is 4.51. The van der Waals surface area contributed by atoms with E-state index in [1.807, 2.05) is 0 Å². The molecule has 3 saturated carbocycles. The van der Waals surface area contributed by atoms with Crippen LogP contribution in [0.15, 0.2) is 0 Å². The van der Waals surface area contributed by atoms with Crippen molar-refractivity contribution in [3.8, 4) is 0 Å². The molecule has 3 heteroatoms. The van der Waals surface area contributed by atoms with Crippen molar-refractivity contribution in [3.63, 3.8) is 0 Å². The first-order valence-corrected chi connectivity index (χ1v) is 12.8. The maximum Gasteiger partial charge on any atom is 0.303 e. The molecule has 172 valence electrons. The fourth-order valence-corrected chi connectivity index (χ4v) is 8.23. The highest BCUT2D eigenvalue weighted by molar-refractivity contribution is 5.85. The van der Waals surface area contributed by atoms with Gasteiger partial charge in [0.25, 0.3) is 0 Å². The largest absolute Gasteiger partial charge is 0.481 e. The number of carbonyl (C=O) groups is 2. The summed E-state index contributed by atoms with van der Waals surface area (Å²) in [5, 5.41) is 9.07. The minimum absolute atomic E-state index is 0.192. The van der Waals surface area contributed by atoms with Gasteiger partial charge in [-0.1, -0.05) is 53.9 Å². The molecule has 0 radical (unpaired) electrons. The average molecular weight is 419 g/mol. The molecule has 0 aromatic rings. The molecule has 3 aliphatic carbocycles. The minimum atomic E-state index is -0.736. The van der Waals surface area contributed by atoms with Crippen molar-refractivity contribution in [1.82, 2.24) is 0 Å². The Bertz CT molecular complexity index is 626. The number of Topliss-reactive ketones (excluding diaryl/α,β-unsaturated/α-hetero) is 1. The van der Waals surface area contributed by atoms with Crippen molar-refractivity contribution in [3.05, 3.63) is 0 Å². The monoisotopic (exact) mass is 418 g/mol. The van der Waals surface area contributed by atoms with E-state index in [1.165, 1.54) is 44.9 Å². The van der Waals surface area contributed by atoms with E-state index < -0.39 is 5.97 Å². The number of carbonyl (C=O) groups excluding carboxylic acids is 1. The molecule has 0 aromatic carbocycles. The zero-order chi connectivity index (χ0) is 22.1. The molecule has 3 rings (SSSR count). The normalized spacial score (nSPS) is 39.6. The van der Waals surface area contributed by atoms with Crippen LogP contribution in [0.3, 0.4) is 0 Å². The van der Waals surface area contributed by atoms with Gasteiger partial charge in [0, 0.05) is 18.3 Å². The van der Waals surface area contributed by atoms with Crippen molar-refractivity contribution < 1.29 is 14.7 Å². The molecule has 3 fully saturated rings. The average Bonchev–Trinajstić information content (AvgIpc) is 3.01. The van der Waals surface area contributed by atoms with Crippen LogP contribution in [0.25, 0.3) is 0 Å². The second kappa shape index (κ2) is 9.33. The van der Waals surface area contributed by atoms with Crippen molar-refractivity contribution in [2.75, 3.05) is 0 Å². The van der Waals surface area contributed by atoms with Crippen molar-refractivity contribution in [2.45, 2.75) is 112 Å². The fraction of sp³-hybridized carbons (Fsp3) is 0.926. The summed E-state index contributed by atoms with van der Waals surface area (Å²) in [6, 6.07) is 0. The second-order valence-corrected chi connectivity index (χ2v) is 12.0. The minimum Gasteiger partial charge on any atom is -0.481 e. The Hall–Kier alpha value is -0.860. The molecule has 30 heavy (non-hydrogen) atoms. The number of hydrogen-bond donors (Lipinski definition) is 1. The van der Waals surface area contributed by atoms with Gasteiger partial charge in [-0.3, -0.25) is 9.59 Å². The molecular weight excluding hydrogens is 372 g/mol. The number of carboxylic acids is 1. The summed E-state index contributed by atoms with van der Waals surface area (Å²) in [6.07, 6.45) is 12.6. The molecule has 0 aromatic heterocycles. The summed E-state index contributed by atoms with van der Waals surface area (Å²) < 4.78 is 0. The third-order valence-electron chi connectivity index (χ3n) is 9.89. The maximum atomic E-state index is 13.0. The molecule has 3 aliphatic rings. The predicted molar refractivity (Wildman–Crippen MR) is 122 cm³/mol. The number of ketones is 1. The van der Waals surface area contributed by atoms with Crippen LogP contribution in [0.1, 0.15) is 112 Å². The summed E-state index contributed by atoms with van der Waals surface area (Å²) in [5.41, 5.74) is 0.154. The van der Waals surface area contributed by atoms with Crippen LogP contribution in [0.2, 0.25) is 0 Å². The highest BCUT2D eigenvalue weighted by Crippen LogP contribution is 2.65. The van der Waals surface area contributed by atoms with E-state index in [2.05, 4.69) is 34.6 Å². The van der Waals surface area contributed by atoms with Gasteiger partial charge in [-0.25, -0.2) is 0 Å². The quantitative estimate of drug-likeness (QED) is 0.433. The first kappa shape index (κ1) is 23.8. The van der Waals surface area contributed by atoms with Gasteiger partial charge in [0.2, 0.25) is 0 Å². The Morgan fingerprint density at radius 3 is 2.43 bits per heavy atom. The van der Waals surface area contributed by atoms with Crippen LogP contribution in [0.5, 0.6) is 0 Å². The molecule has 1 N–H and O–H groups in total. The SMILES string of the molecule is CC(C)CCC[C@@H](C)[C@H]1CC[C@H]2[C@@H]3CCC(=O)[C@](C)(CCCC(=O)O)[C@H]3CC[C@]12C. The second-order valence-electron chi connectivity index (χ2n) is 12.0. The first-order valence-electron chi connectivity index (χ1n) is 12.8. The molecule has 3 nitrogen and oxygen atoms in total. The third-order valence-corrected chi connectivity index (χ3v) is 9.89. The summed E-state index contributed by atoms with van der Waals surface area (Å²) in [4.78, 5) is 24.0. The first-order chi connectivity index (χ1) is 14.1. The lowest BCUT2D eigenvalue weighted by molar-refractivity contribution is -0.147. The van der Waals surface area contributed by atoms with Crippen LogP contribution < -0.4 is 0 Å². The van der Waals surface area contributed by atoms with E-state index in [9.17, 15) is 9.59 Å². The molecule has 0 spiro atoms. The van der Waals surface area contributed by atoms with Gasteiger partial charge in [0.1, 0.15) is 5.78 Å². The van der Waals surface area contributed by atoms with Crippen molar-refractivity contribution in [2.24, 2.45) is 46.3 Å². The van der Waals surface area contributed by atoms with Crippen molar-refractivity contribution in [1.29, 1.82) is 0 Å². The fourth-order valence-electron chi connectivity index (χ4n) is 8.23. The molecular formula is C27H46O3. The van der Waals surface area contributed by atoms with Crippen LogP contribution in [0.4, 0.5) is 0 Å². The van der Waals surface area contributed by atoms with E-state index in [0.717, 1.165) is 36.5 Å². The van der Waals surface area contributed by atoms with Gasteiger partial charge in [0.05, 0.1) is 0 Å². The highest BCUT2D eigenvalue weighted by atomic mass is 16.4. The molecule has 0 saturated heterocycles.